The fourth-order valence-electron chi connectivity index (χ4n) is 3.44. The van der Waals surface area contributed by atoms with Crippen LogP contribution in [0.2, 0.25) is 10.0 Å². The van der Waals surface area contributed by atoms with Gasteiger partial charge in [0.1, 0.15) is 5.75 Å². The Labute approximate surface area is 199 Å². The topological polar surface area (TPSA) is 78.9 Å². The van der Waals surface area contributed by atoms with E-state index in [-0.39, 0.29) is 28.2 Å². The number of nitrogens with one attached hydrogen (secondary N) is 1. The molecule has 1 aliphatic rings. The summed E-state index contributed by atoms with van der Waals surface area (Å²) >= 11 is 12.3. The molecule has 1 fully saturated rings. The number of hydrogen-bond donors (Lipinski definition) is 1. The molecule has 3 rings (SSSR count). The molecule has 0 bridgehead atoms. The van der Waals surface area contributed by atoms with Crippen LogP contribution >= 0.6 is 23.2 Å². The van der Waals surface area contributed by atoms with Crippen LogP contribution in [0.15, 0.2) is 41.3 Å². The zero-order chi connectivity index (χ0) is 23.3. The third-order valence-corrected chi connectivity index (χ3v) is 7.24. The lowest BCUT2D eigenvalue weighted by Crippen LogP contribution is -2.50. The summed E-state index contributed by atoms with van der Waals surface area (Å²) in [6.07, 6.45) is 0.684. The van der Waals surface area contributed by atoms with Crippen LogP contribution in [0.5, 0.6) is 5.75 Å². The summed E-state index contributed by atoms with van der Waals surface area (Å²) in [7, 11) is -3.62. The first-order chi connectivity index (χ1) is 15.2. The van der Waals surface area contributed by atoms with Crippen LogP contribution in [-0.4, -0.2) is 58.6 Å². The number of carbonyl (C=O) groups excluding carboxylic acids is 1. The molecule has 2 aromatic rings. The molecule has 1 N–H and O–H groups in total. The van der Waals surface area contributed by atoms with Gasteiger partial charge in [-0.1, -0.05) is 36.2 Å². The summed E-state index contributed by atoms with van der Waals surface area (Å²) in [5, 5.41) is 0.827. The van der Waals surface area contributed by atoms with Crippen molar-refractivity contribution in [2.24, 2.45) is 0 Å². The van der Waals surface area contributed by atoms with Crippen molar-refractivity contribution in [1.82, 2.24) is 9.62 Å². The van der Waals surface area contributed by atoms with Crippen molar-refractivity contribution in [2.75, 3.05) is 44.2 Å². The Hall–Kier alpha value is -2.00. The Kier molecular flexibility index (Phi) is 8.27. The van der Waals surface area contributed by atoms with Crippen LogP contribution < -0.4 is 14.4 Å². The van der Waals surface area contributed by atoms with Gasteiger partial charge >= 0.3 is 0 Å². The summed E-state index contributed by atoms with van der Waals surface area (Å²) in [5.74, 6) is 0.118. The molecule has 0 atom stereocenters. The fraction of sp³-hybridized carbons (Fsp3) is 0.409. The van der Waals surface area contributed by atoms with Crippen molar-refractivity contribution in [3.8, 4) is 5.75 Å². The van der Waals surface area contributed by atoms with Crippen molar-refractivity contribution in [3.05, 3.63) is 52.0 Å². The lowest BCUT2D eigenvalue weighted by Gasteiger charge is -2.36. The van der Waals surface area contributed by atoms with Crippen LogP contribution in [0.4, 0.5) is 5.69 Å². The molecule has 0 unspecified atom stereocenters. The van der Waals surface area contributed by atoms with Crippen LogP contribution in [0, 0.1) is 6.92 Å². The monoisotopic (exact) mass is 499 g/mol. The molecule has 0 aromatic heterocycles. The van der Waals surface area contributed by atoms with E-state index >= 15 is 0 Å². The van der Waals surface area contributed by atoms with Crippen LogP contribution in [0.25, 0.3) is 0 Å². The van der Waals surface area contributed by atoms with Gasteiger partial charge in [-0.3, -0.25) is 4.79 Å². The average molecular weight is 500 g/mol. The molecule has 32 heavy (non-hydrogen) atoms. The molecule has 1 saturated heterocycles. The van der Waals surface area contributed by atoms with E-state index in [1.165, 1.54) is 18.2 Å². The summed E-state index contributed by atoms with van der Waals surface area (Å²) < 4.78 is 32.5. The van der Waals surface area contributed by atoms with Crippen LogP contribution in [0.1, 0.15) is 18.9 Å². The number of aryl methyl sites for hydroxylation is 1. The normalized spacial score (nSPS) is 14.5. The van der Waals surface area contributed by atoms with Gasteiger partial charge < -0.3 is 14.5 Å². The number of hydrogen-bond acceptors (Lipinski definition) is 5. The number of nitrogens with zero attached hydrogens (tertiary/aromatic N) is 2. The second-order valence-corrected chi connectivity index (χ2v) is 10.2. The van der Waals surface area contributed by atoms with E-state index in [1.807, 2.05) is 32.0 Å². The van der Waals surface area contributed by atoms with E-state index in [0.717, 1.165) is 11.3 Å². The molecule has 174 valence electrons. The molecular formula is C22H27Cl2N3O4S. The van der Waals surface area contributed by atoms with Gasteiger partial charge in [-0.05, 0) is 49.2 Å². The Morgan fingerprint density at radius 2 is 1.81 bits per heavy atom. The highest BCUT2D eigenvalue weighted by Gasteiger charge is 2.23. The molecular weight excluding hydrogens is 473 g/mol. The summed E-state index contributed by atoms with van der Waals surface area (Å²) in [5.41, 5.74) is 2.22. The number of ether oxygens (including phenoxy) is 1. The summed E-state index contributed by atoms with van der Waals surface area (Å²) in [6.45, 7) is 6.63. The largest absolute Gasteiger partial charge is 0.482 e. The second kappa shape index (κ2) is 10.7. The van der Waals surface area contributed by atoms with E-state index < -0.39 is 10.0 Å². The number of anilines is 1. The van der Waals surface area contributed by atoms with Crippen molar-refractivity contribution in [3.63, 3.8) is 0 Å². The number of piperazine rings is 1. The predicted molar refractivity (Wildman–Crippen MR) is 127 cm³/mol. The number of carbonyl (C=O) groups is 1. The van der Waals surface area contributed by atoms with Gasteiger partial charge in [-0.25, -0.2) is 13.1 Å². The number of sulfonamides is 1. The molecule has 1 heterocycles. The Morgan fingerprint density at radius 3 is 2.47 bits per heavy atom. The zero-order valence-electron chi connectivity index (χ0n) is 18.1. The Morgan fingerprint density at radius 1 is 1.09 bits per heavy atom. The first-order valence-electron chi connectivity index (χ1n) is 10.4. The van der Waals surface area contributed by atoms with Gasteiger partial charge in [0.2, 0.25) is 10.0 Å². The van der Waals surface area contributed by atoms with E-state index in [4.69, 9.17) is 27.9 Å². The van der Waals surface area contributed by atoms with Gasteiger partial charge in [0.15, 0.2) is 6.61 Å². The molecule has 0 aliphatic carbocycles. The van der Waals surface area contributed by atoms with Crippen molar-refractivity contribution in [2.45, 2.75) is 25.2 Å². The second-order valence-electron chi connectivity index (χ2n) is 7.58. The standard InChI is InChI=1S/C22H27Cl2N3O4S/c1-3-8-25-32(29,30)18-6-7-21(19(24)14-18)31-15-22(28)27-11-9-26(10-12-27)20-13-17(23)5-4-16(20)2/h4-7,13-14,25H,3,8-12,15H2,1-2H3. The molecule has 7 nitrogen and oxygen atoms in total. The SMILES string of the molecule is CCCNS(=O)(=O)c1ccc(OCC(=O)N2CCN(c3cc(Cl)ccc3C)CC2)c(Cl)c1. The minimum atomic E-state index is -3.62. The average Bonchev–Trinajstić information content (AvgIpc) is 2.78. The minimum absolute atomic E-state index is 0.0575. The van der Waals surface area contributed by atoms with Gasteiger partial charge in [0.05, 0.1) is 9.92 Å². The lowest BCUT2D eigenvalue weighted by molar-refractivity contribution is -0.133. The van der Waals surface area contributed by atoms with Crippen LogP contribution in [-0.2, 0) is 14.8 Å². The number of benzene rings is 2. The summed E-state index contributed by atoms with van der Waals surface area (Å²) in [4.78, 5) is 16.6. The number of halogens is 2. The highest BCUT2D eigenvalue weighted by atomic mass is 35.5. The van der Waals surface area contributed by atoms with Gasteiger partial charge in [-0.15, -0.1) is 0 Å². The quantitative estimate of drug-likeness (QED) is 0.598. The molecule has 0 saturated carbocycles. The zero-order valence-corrected chi connectivity index (χ0v) is 20.4. The minimum Gasteiger partial charge on any atom is -0.482 e. The molecule has 2 aromatic carbocycles. The van der Waals surface area contributed by atoms with Crippen molar-refractivity contribution < 1.29 is 17.9 Å². The van der Waals surface area contributed by atoms with Gasteiger partial charge in [0, 0.05) is 43.4 Å². The number of amides is 1. The van der Waals surface area contributed by atoms with Gasteiger partial charge in [0.25, 0.3) is 5.91 Å². The third kappa shape index (κ3) is 6.07. The Bertz CT molecular complexity index is 1070. The van der Waals surface area contributed by atoms with E-state index in [9.17, 15) is 13.2 Å². The predicted octanol–water partition coefficient (Wildman–Crippen LogP) is 3.72. The van der Waals surface area contributed by atoms with E-state index in [2.05, 4.69) is 9.62 Å². The van der Waals surface area contributed by atoms with Crippen molar-refractivity contribution >= 4 is 44.8 Å². The Balaban J connectivity index is 1.54. The van der Waals surface area contributed by atoms with E-state index in [1.54, 1.807) is 4.90 Å². The maximum Gasteiger partial charge on any atom is 0.260 e. The van der Waals surface area contributed by atoms with Crippen molar-refractivity contribution in [1.29, 1.82) is 0 Å². The maximum absolute atomic E-state index is 12.6. The molecule has 1 aliphatic heterocycles. The highest BCUT2D eigenvalue weighted by Crippen LogP contribution is 2.28. The number of rotatable bonds is 8. The van der Waals surface area contributed by atoms with Gasteiger partial charge in [-0.2, -0.15) is 0 Å². The molecule has 0 radical (unpaired) electrons. The lowest BCUT2D eigenvalue weighted by atomic mass is 10.1. The van der Waals surface area contributed by atoms with Crippen LogP contribution in [0.3, 0.4) is 0 Å². The first kappa shape index (κ1) is 24.6. The van der Waals surface area contributed by atoms with E-state index in [0.29, 0.717) is 44.2 Å². The molecule has 1 amide bonds. The fourth-order valence-corrected chi connectivity index (χ4v) is 5.06. The maximum atomic E-state index is 12.6. The molecule has 10 heteroatoms. The first-order valence-corrected chi connectivity index (χ1v) is 12.7. The summed E-state index contributed by atoms with van der Waals surface area (Å²) in [6, 6.07) is 10.0. The third-order valence-electron chi connectivity index (χ3n) is 5.25. The highest BCUT2D eigenvalue weighted by molar-refractivity contribution is 7.89. The molecule has 0 spiro atoms. The smallest absolute Gasteiger partial charge is 0.260 e.